The Labute approximate surface area is 127 Å². The first-order chi connectivity index (χ1) is 10.2. The highest BCUT2D eigenvalue weighted by Gasteiger charge is 2.19. The molecule has 0 aliphatic heterocycles. The molecule has 0 radical (unpaired) electrons. The van der Waals surface area contributed by atoms with Crippen LogP contribution in [0.3, 0.4) is 0 Å². The molecule has 1 saturated carbocycles. The van der Waals surface area contributed by atoms with Gasteiger partial charge in [0.15, 0.2) is 0 Å². The van der Waals surface area contributed by atoms with Crippen molar-refractivity contribution in [2.24, 2.45) is 0 Å². The number of hydrogen-bond donors (Lipinski definition) is 2. The Bertz CT molecular complexity index is 440. The van der Waals surface area contributed by atoms with E-state index in [1.54, 1.807) is 12.3 Å². The maximum atomic E-state index is 12.0. The molecule has 0 aromatic carbocycles. The standard InChI is InChI=1S/C16H26N4O/c1-3-17-15-9-8-13(12-19-15)16(21)18-10-11-20(2)14-6-4-5-7-14/h8-9,12,14H,3-7,10-11H2,1-2H3,(H,17,19)(H,18,21). The van der Waals surface area contributed by atoms with Gasteiger partial charge in [0.25, 0.3) is 5.91 Å². The zero-order chi connectivity index (χ0) is 15.1. The van der Waals surface area contributed by atoms with Crippen molar-refractivity contribution in [3.05, 3.63) is 23.9 Å². The summed E-state index contributed by atoms with van der Waals surface area (Å²) in [6, 6.07) is 4.34. The lowest BCUT2D eigenvalue weighted by molar-refractivity contribution is 0.0947. The second-order valence-corrected chi connectivity index (χ2v) is 5.64. The normalized spacial score (nSPS) is 15.4. The monoisotopic (exact) mass is 290 g/mol. The quantitative estimate of drug-likeness (QED) is 0.807. The molecule has 0 saturated heterocycles. The molecule has 5 heteroatoms. The van der Waals surface area contributed by atoms with Crippen LogP contribution in [0, 0.1) is 0 Å². The molecule has 1 aromatic heterocycles. The van der Waals surface area contributed by atoms with Gasteiger partial charge < -0.3 is 15.5 Å². The van der Waals surface area contributed by atoms with E-state index in [1.165, 1.54) is 25.7 Å². The molecule has 21 heavy (non-hydrogen) atoms. The van der Waals surface area contributed by atoms with E-state index in [9.17, 15) is 4.79 Å². The van der Waals surface area contributed by atoms with Gasteiger partial charge in [-0.1, -0.05) is 12.8 Å². The van der Waals surface area contributed by atoms with Crippen LogP contribution in [-0.2, 0) is 0 Å². The minimum Gasteiger partial charge on any atom is -0.370 e. The first-order valence-corrected chi connectivity index (χ1v) is 7.89. The Balaban J connectivity index is 1.73. The van der Waals surface area contributed by atoms with Gasteiger partial charge in [-0.2, -0.15) is 0 Å². The van der Waals surface area contributed by atoms with Gasteiger partial charge in [0.1, 0.15) is 5.82 Å². The minimum atomic E-state index is -0.0506. The van der Waals surface area contributed by atoms with Crippen LogP contribution in [0.15, 0.2) is 18.3 Å². The van der Waals surface area contributed by atoms with Crippen LogP contribution in [0.25, 0.3) is 0 Å². The fraction of sp³-hybridized carbons (Fsp3) is 0.625. The summed E-state index contributed by atoms with van der Waals surface area (Å²) in [5.74, 6) is 0.750. The van der Waals surface area contributed by atoms with Gasteiger partial charge >= 0.3 is 0 Å². The zero-order valence-electron chi connectivity index (χ0n) is 13.1. The molecule has 2 rings (SSSR count). The Kier molecular flexibility index (Phi) is 5.99. The number of aromatic nitrogens is 1. The smallest absolute Gasteiger partial charge is 0.252 e. The van der Waals surface area contributed by atoms with E-state index in [0.29, 0.717) is 18.2 Å². The highest BCUT2D eigenvalue weighted by atomic mass is 16.1. The molecule has 1 aliphatic carbocycles. The van der Waals surface area contributed by atoms with E-state index < -0.39 is 0 Å². The van der Waals surface area contributed by atoms with Gasteiger partial charge in [0.05, 0.1) is 5.56 Å². The summed E-state index contributed by atoms with van der Waals surface area (Å²) >= 11 is 0. The van der Waals surface area contributed by atoms with Crippen molar-refractivity contribution in [2.45, 2.75) is 38.6 Å². The van der Waals surface area contributed by atoms with Crippen LogP contribution in [0.4, 0.5) is 5.82 Å². The Morgan fingerprint density at radius 1 is 1.38 bits per heavy atom. The molecule has 1 amide bonds. The largest absolute Gasteiger partial charge is 0.370 e. The fourth-order valence-corrected chi connectivity index (χ4v) is 2.79. The van der Waals surface area contributed by atoms with Gasteiger partial charge in [-0.3, -0.25) is 4.79 Å². The van der Waals surface area contributed by atoms with Crippen LogP contribution in [-0.4, -0.2) is 48.5 Å². The molecule has 5 nitrogen and oxygen atoms in total. The number of likely N-dealkylation sites (N-methyl/N-ethyl adjacent to an activating group) is 1. The maximum absolute atomic E-state index is 12.0. The Morgan fingerprint density at radius 2 is 2.14 bits per heavy atom. The second-order valence-electron chi connectivity index (χ2n) is 5.64. The molecule has 0 unspecified atom stereocenters. The van der Waals surface area contributed by atoms with E-state index in [1.807, 2.05) is 13.0 Å². The van der Waals surface area contributed by atoms with Crippen molar-refractivity contribution in [3.63, 3.8) is 0 Å². The van der Waals surface area contributed by atoms with Gasteiger partial charge in [-0.05, 0) is 38.9 Å². The molecule has 0 spiro atoms. The third-order valence-corrected chi connectivity index (χ3v) is 4.08. The first kappa shape index (κ1) is 15.8. The molecule has 1 fully saturated rings. The van der Waals surface area contributed by atoms with Crippen molar-refractivity contribution in [3.8, 4) is 0 Å². The third kappa shape index (κ3) is 4.70. The molecular weight excluding hydrogens is 264 g/mol. The van der Waals surface area contributed by atoms with E-state index in [-0.39, 0.29) is 5.91 Å². The van der Waals surface area contributed by atoms with Crippen LogP contribution >= 0.6 is 0 Å². The van der Waals surface area contributed by atoms with E-state index in [4.69, 9.17) is 0 Å². The van der Waals surface area contributed by atoms with Crippen molar-refractivity contribution < 1.29 is 4.79 Å². The first-order valence-electron chi connectivity index (χ1n) is 7.89. The summed E-state index contributed by atoms with van der Waals surface area (Å²) < 4.78 is 0. The van der Waals surface area contributed by atoms with Gasteiger partial charge in [0, 0.05) is 31.9 Å². The lowest BCUT2D eigenvalue weighted by Gasteiger charge is -2.23. The number of carbonyl (C=O) groups excluding carboxylic acids is 1. The van der Waals surface area contributed by atoms with Crippen LogP contribution < -0.4 is 10.6 Å². The minimum absolute atomic E-state index is 0.0506. The summed E-state index contributed by atoms with van der Waals surface area (Å²) in [5, 5.41) is 6.08. The number of pyridine rings is 1. The van der Waals surface area contributed by atoms with Crippen molar-refractivity contribution in [2.75, 3.05) is 32.0 Å². The Hall–Kier alpha value is -1.62. The Morgan fingerprint density at radius 3 is 2.76 bits per heavy atom. The summed E-state index contributed by atoms with van der Waals surface area (Å²) in [6.07, 6.45) is 6.88. The van der Waals surface area contributed by atoms with Gasteiger partial charge in [-0.15, -0.1) is 0 Å². The molecule has 0 bridgehead atoms. The predicted molar refractivity (Wildman–Crippen MR) is 85.6 cm³/mol. The summed E-state index contributed by atoms with van der Waals surface area (Å²) in [7, 11) is 2.15. The predicted octanol–water partition coefficient (Wildman–Crippen LogP) is 2.12. The zero-order valence-corrected chi connectivity index (χ0v) is 13.1. The highest BCUT2D eigenvalue weighted by molar-refractivity contribution is 5.94. The number of anilines is 1. The van der Waals surface area contributed by atoms with E-state index >= 15 is 0 Å². The number of hydrogen-bond acceptors (Lipinski definition) is 4. The molecule has 116 valence electrons. The molecule has 0 atom stereocenters. The van der Waals surface area contributed by atoms with Crippen molar-refractivity contribution >= 4 is 11.7 Å². The van der Waals surface area contributed by atoms with Gasteiger partial charge in [0.2, 0.25) is 0 Å². The summed E-state index contributed by atoms with van der Waals surface area (Å²) in [6.45, 7) is 4.43. The highest BCUT2D eigenvalue weighted by Crippen LogP contribution is 2.21. The maximum Gasteiger partial charge on any atom is 0.252 e. The van der Waals surface area contributed by atoms with Crippen molar-refractivity contribution in [1.82, 2.24) is 15.2 Å². The molecule has 1 aromatic rings. The fourth-order valence-electron chi connectivity index (χ4n) is 2.79. The van der Waals surface area contributed by atoms with Crippen LogP contribution in [0.1, 0.15) is 43.0 Å². The number of rotatable bonds is 7. The molecule has 2 N–H and O–H groups in total. The van der Waals surface area contributed by atoms with E-state index in [0.717, 1.165) is 18.9 Å². The number of amides is 1. The number of nitrogens with zero attached hydrogens (tertiary/aromatic N) is 2. The number of carbonyl (C=O) groups is 1. The van der Waals surface area contributed by atoms with E-state index in [2.05, 4.69) is 27.6 Å². The molecule has 1 heterocycles. The van der Waals surface area contributed by atoms with Crippen LogP contribution in [0.5, 0.6) is 0 Å². The lowest BCUT2D eigenvalue weighted by Crippen LogP contribution is -2.37. The average molecular weight is 290 g/mol. The summed E-state index contributed by atoms with van der Waals surface area (Å²) in [5.41, 5.74) is 0.611. The molecular formula is C16H26N4O. The van der Waals surface area contributed by atoms with Crippen molar-refractivity contribution in [1.29, 1.82) is 0 Å². The second kappa shape index (κ2) is 7.98. The SMILES string of the molecule is CCNc1ccc(C(=O)NCCN(C)C2CCCC2)cn1. The average Bonchev–Trinajstić information content (AvgIpc) is 3.02. The van der Waals surface area contributed by atoms with Gasteiger partial charge in [-0.25, -0.2) is 4.98 Å². The molecule has 1 aliphatic rings. The third-order valence-electron chi connectivity index (χ3n) is 4.08. The van der Waals surface area contributed by atoms with Crippen LogP contribution in [0.2, 0.25) is 0 Å². The lowest BCUT2D eigenvalue weighted by atomic mass is 10.2. The topological polar surface area (TPSA) is 57.3 Å². The number of nitrogens with one attached hydrogen (secondary N) is 2. The summed E-state index contributed by atoms with van der Waals surface area (Å²) in [4.78, 5) is 18.6.